The zero-order valence-electron chi connectivity index (χ0n) is 12.0. The van der Waals surface area contributed by atoms with Gasteiger partial charge in [-0.25, -0.2) is 4.98 Å². The number of rotatable bonds is 3. The van der Waals surface area contributed by atoms with Gasteiger partial charge in [0.05, 0.1) is 19.2 Å². The van der Waals surface area contributed by atoms with Crippen LogP contribution in [0.3, 0.4) is 0 Å². The summed E-state index contributed by atoms with van der Waals surface area (Å²) in [6, 6.07) is 1.41. The molecule has 0 spiro atoms. The molecule has 0 saturated carbocycles. The number of nitrogens with one attached hydrogen (secondary N) is 3. The van der Waals surface area contributed by atoms with Crippen molar-refractivity contribution >= 4 is 11.8 Å². The number of H-pyrrole nitrogens is 1. The largest absolute Gasteiger partial charge is 0.389 e. The smallest absolute Gasteiger partial charge is 0.272 e. The van der Waals surface area contributed by atoms with Gasteiger partial charge in [-0.3, -0.25) is 14.3 Å². The second-order valence-corrected chi connectivity index (χ2v) is 5.16. The first-order valence-electron chi connectivity index (χ1n) is 6.85. The zero-order chi connectivity index (χ0) is 15.7. The van der Waals surface area contributed by atoms with Crippen LogP contribution in [-0.2, 0) is 13.1 Å². The number of imidazole rings is 1. The van der Waals surface area contributed by atoms with E-state index in [0.717, 1.165) is 5.69 Å². The van der Waals surface area contributed by atoms with Crippen molar-refractivity contribution in [1.29, 1.82) is 0 Å². The lowest BCUT2D eigenvalue weighted by Crippen LogP contribution is -2.30. The molecule has 2 aromatic rings. The highest BCUT2D eigenvalue weighted by atomic mass is 16.3. The van der Waals surface area contributed by atoms with Crippen molar-refractivity contribution in [1.82, 2.24) is 30.4 Å². The van der Waals surface area contributed by atoms with Gasteiger partial charge in [-0.05, 0) is 6.92 Å². The molecule has 0 aromatic carbocycles. The molecular weight excluding hydrogens is 288 g/mol. The van der Waals surface area contributed by atoms with Crippen LogP contribution in [0, 0.1) is 6.92 Å². The average molecular weight is 304 g/mol. The van der Waals surface area contributed by atoms with Crippen LogP contribution in [0.4, 0.5) is 0 Å². The summed E-state index contributed by atoms with van der Waals surface area (Å²) in [7, 11) is 0. The number of carbonyl (C=O) groups is 2. The van der Waals surface area contributed by atoms with Crippen LogP contribution in [-0.4, -0.2) is 49.3 Å². The van der Waals surface area contributed by atoms with E-state index in [4.69, 9.17) is 0 Å². The second kappa shape index (κ2) is 5.60. The van der Waals surface area contributed by atoms with E-state index in [0.29, 0.717) is 5.82 Å². The molecule has 2 amide bonds. The normalized spacial score (nSPS) is 17.5. The van der Waals surface area contributed by atoms with Crippen molar-refractivity contribution in [2.75, 3.05) is 6.54 Å². The molecule has 116 valence electrons. The van der Waals surface area contributed by atoms with Crippen molar-refractivity contribution in [3.05, 3.63) is 35.2 Å². The summed E-state index contributed by atoms with van der Waals surface area (Å²) in [6.07, 6.45) is 0.943. The number of hydrogen-bond acceptors (Lipinski definition) is 5. The van der Waals surface area contributed by atoms with Crippen LogP contribution in [0.5, 0.6) is 0 Å². The van der Waals surface area contributed by atoms with Gasteiger partial charge in [0.15, 0.2) is 5.69 Å². The monoisotopic (exact) mass is 304 g/mol. The number of carbonyl (C=O) groups excluding carboxylic acids is 2. The molecule has 1 unspecified atom stereocenters. The van der Waals surface area contributed by atoms with E-state index >= 15 is 0 Å². The number of aryl methyl sites for hydroxylation is 1. The van der Waals surface area contributed by atoms with E-state index < -0.39 is 12.0 Å². The molecule has 0 saturated heterocycles. The molecule has 9 heteroatoms. The number of amides is 2. The third-order valence-corrected chi connectivity index (χ3v) is 3.30. The van der Waals surface area contributed by atoms with Crippen LogP contribution >= 0.6 is 0 Å². The molecule has 1 aliphatic heterocycles. The fourth-order valence-electron chi connectivity index (χ4n) is 2.23. The van der Waals surface area contributed by atoms with E-state index in [1.165, 1.54) is 10.7 Å². The molecule has 0 fully saturated rings. The predicted molar refractivity (Wildman–Crippen MR) is 75.1 cm³/mol. The molecule has 1 atom stereocenters. The molecule has 22 heavy (non-hydrogen) atoms. The number of fused-ring (bicyclic) bond motifs is 1. The average Bonchev–Trinajstić information content (AvgIpc) is 3.06. The summed E-state index contributed by atoms with van der Waals surface area (Å²) in [5.41, 5.74) is 1.29. The van der Waals surface area contributed by atoms with Gasteiger partial charge < -0.3 is 20.7 Å². The van der Waals surface area contributed by atoms with Crippen molar-refractivity contribution in [2.24, 2.45) is 0 Å². The molecule has 2 aromatic heterocycles. The minimum atomic E-state index is -0.730. The molecule has 3 rings (SSSR count). The van der Waals surface area contributed by atoms with E-state index in [9.17, 15) is 14.7 Å². The molecule has 9 nitrogen and oxygen atoms in total. The highest BCUT2D eigenvalue weighted by molar-refractivity contribution is 5.98. The van der Waals surface area contributed by atoms with Crippen molar-refractivity contribution < 1.29 is 14.7 Å². The summed E-state index contributed by atoms with van der Waals surface area (Å²) in [6.45, 7) is 2.44. The van der Waals surface area contributed by atoms with Gasteiger partial charge in [0.25, 0.3) is 11.8 Å². The van der Waals surface area contributed by atoms with Crippen LogP contribution in [0.2, 0.25) is 0 Å². The SMILES string of the molecule is Cc1cnc(CNC(=O)c2cc3n(n2)CC(O)CNC3=O)[nH]1. The van der Waals surface area contributed by atoms with Gasteiger partial charge in [-0.15, -0.1) is 0 Å². The Morgan fingerprint density at radius 3 is 3.14 bits per heavy atom. The first-order chi connectivity index (χ1) is 10.5. The Labute approximate surface area is 125 Å². The highest BCUT2D eigenvalue weighted by Gasteiger charge is 2.24. The lowest BCUT2D eigenvalue weighted by atomic mass is 10.3. The van der Waals surface area contributed by atoms with Gasteiger partial charge in [0, 0.05) is 24.5 Å². The third-order valence-electron chi connectivity index (χ3n) is 3.30. The Balaban J connectivity index is 1.72. The van der Waals surface area contributed by atoms with E-state index in [-0.39, 0.29) is 36.9 Å². The number of aromatic nitrogens is 4. The van der Waals surface area contributed by atoms with E-state index in [2.05, 4.69) is 25.7 Å². The van der Waals surface area contributed by atoms with Crippen LogP contribution < -0.4 is 10.6 Å². The Morgan fingerprint density at radius 1 is 1.59 bits per heavy atom. The number of hydrogen-bond donors (Lipinski definition) is 4. The number of aromatic amines is 1. The fraction of sp³-hybridized carbons (Fsp3) is 0.385. The van der Waals surface area contributed by atoms with Gasteiger partial charge in [-0.1, -0.05) is 0 Å². The van der Waals surface area contributed by atoms with Crippen LogP contribution in [0.1, 0.15) is 32.5 Å². The maximum atomic E-state index is 12.1. The standard InChI is InChI=1S/C13H16N6O3/c1-7-3-14-11(17-7)5-16-12(21)9-2-10-13(22)15-4-8(20)6-19(10)18-9/h2-3,8,20H,4-6H2,1H3,(H,14,17)(H,15,22)(H,16,21). The lowest BCUT2D eigenvalue weighted by Gasteiger charge is -2.06. The number of nitrogens with zero attached hydrogens (tertiary/aromatic N) is 3. The maximum Gasteiger partial charge on any atom is 0.272 e. The lowest BCUT2D eigenvalue weighted by molar-refractivity contribution is 0.0931. The van der Waals surface area contributed by atoms with Crippen LogP contribution in [0.15, 0.2) is 12.3 Å². The highest BCUT2D eigenvalue weighted by Crippen LogP contribution is 2.09. The summed E-state index contributed by atoms with van der Waals surface area (Å²) in [5, 5.41) is 19.0. The first-order valence-corrected chi connectivity index (χ1v) is 6.85. The molecular formula is C13H16N6O3. The summed E-state index contributed by atoms with van der Waals surface area (Å²) >= 11 is 0. The van der Waals surface area contributed by atoms with Crippen LogP contribution in [0.25, 0.3) is 0 Å². The zero-order valence-corrected chi connectivity index (χ0v) is 12.0. The molecule has 0 radical (unpaired) electrons. The molecule has 4 N–H and O–H groups in total. The van der Waals surface area contributed by atoms with Crippen molar-refractivity contribution in [3.8, 4) is 0 Å². The third kappa shape index (κ3) is 2.84. The number of aliphatic hydroxyl groups excluding tert-OH is 1. The molecule has 3 heterocycles. The quantitative estimate of drug-likeness (QED) is 0.576. The van der Waals surface area contributed by atoms with E-state index in [1.807, 2.05) is 6.92 Å². The molecule has 1 aliphatic rings. The summed E-state index contributed by atoms with van der Waals surface area (Å²) < 4.78 is 1.35. The minimum absolute atomic E-state index is 0.127. The van der Waals surface area contributed by atoms with Gasteiger partial charge in [-0.2, -0.15) is 5.10 Å². The van der Waals surface area contributed by atoms with E-state index in [1.54, 1.807) is 6.20 Å². The second-order valence-electron chi connectivity index (χ2n) is 5.16. The van der Waals surface area contributed by atoms with Gasteiger partial charge >= 0.3 is 0 Å². The Bertz CT molecular complexity index is 719. The number of aliphatic hydroxyl groups is 1. The van der Waals surface area contributed by atoms with Gasteiger partial charge in [0.2, 0.25) is 0 Å². The Kier molecular flexibility index (Phi) is 3.63. The fourth-order valence-corrected chi connectivity index (χ4v) is 2.23. The van der Waals surface area contributed by atoms with Gasteiger partial charge in [0.1, 0.15) is 11.5 Å². The summed E-state index contributed by atoms with van der Waals surface area (Å²) in [5.74, 6) is -0.124. The molecule has 0 bridgehead atoms. The minimum Gasteiger partial charge on any atom is -0.389 e. The predicted octanol–water partition coefficient (Wildman–Crippen LogP) is -1.05. The first kappa shape index (κ1) is 14.3. The van der Waals surface area contributed by atoms with Crippen molar-refractivity contribution in [2.45, 2.75) is 26.1 Å². The topological polar surface area (TPSA) is 125 Å². The van der Waals surface area contributed by atoms with Crippen molar-refractivity contribution in [3.63, 3.8) is 0 Å². The summed E-state index contributed by atoms with van der Waals surface area (Å²) in [4.78, 5) is 31.0. The molecule has 0 aliphatic carbocycles. The number of β-amino-alcohol motifs (C(OH)–C–C–N with tert-alkyl or cyclic N) is 1. The Hall–Kier alpha value is -2.68. The maximum absolute atomic E-state index is 12.1. The Morgan fingerprint density at radius 2 is 2.41 bits per heavy atom.